The number of carbonyl (C=O) groups excluding carboxylic acids is 1. The molecule has 2 aromatic rings. The van der Waals surface area contributed by atoms with Crippen molar-refractivity contribution in [3.8, 4) is 11.1 Å². The molecule has 23 heavy (non-hydrogen) atoms. The summed E-state index contributed by atoms with van der Waals surface area (Å²) >= 11 is 0. The molecule has 0 saturated carbocycles. The van der Waals surface area contributed by atoms with Crippen LogP contribution in [0.15, 0.2) is 42.5 Å². The van der Waals surface area contributed by atoms with E-state index in [9.17, 15) is 4.79 Å². The first kappa shape index (κ1) is 15.9. The first-order valence-corrected chi connectivity index (χ1v) is 8.08. The summed E-state index contributed by atoms with van der Waals surface area (Å²) in [6.07, 6.45) is 3.97. The van der Waals surface area contributed by atoms with E-state index in [0.717, 1.165) is 30.8 Å². The highest BCUT2D eigenvalue weighted by Gasteiger charge is 2.22. The Labute approximate surface area is 143 Å². The molecular weight excluding hydrogens is 308 g/mol. The maximum atomic E-state index is 11.8. The van der Waals surface area contributed by atoms with Gasteiger partial charge in [-0.3, -0.25) is 4.79 Å². The molecule has 120 valence electrons. The van der Waals surface area contributed by atoms with E-state index in [2.05, 4.69) is 46.6 Å². The summed E-state index contributed by atoms with van der Waals surface area (Å²) in [6, 6.07) is 14.9. The Bertz CT molecular complexity index is 709. The molecule has 0 atom stereocenters. The van der Waals surface area contributed by atoms with Gasteiger partial charge in [0.15, 0.2) is 0 Å². The molecule has 0 bridgehead atoms. The highest BCUT2D eigenvalue weighted by atomic mass is 35.5. The summed E-state index contributed by atoms with van der Waals surface area (Å²) < 4.78 is 0. The van der Waals surface area contributed by atoms with Crippen LogP contribution in [0.5, 0.6) is 0 Å². The summed E-state index contributed by atoms with van der Waals surface area (Å²) in [6.45, 7) is 2.28. The zero-order valence-corrected chi connectivity index (χ0v) is 13.9. The molecule has 1 amide bonds. The van der Waals surface area contributed by atoms with Crippen LogP contribution >= 0.6 is 12.4 Å². The van der Waals surface area contributed by atoms with Crippen LogP contribution in [0.4, 0.5) is 11.4 Å². The van der Waals surface area contributed by atoms with Crippen LogP contribution in [0, 0.1) is 0 Å². The highest BCUT2D eigenvalue weighted by molar-refractivity contribution is 5.99. The number of carbonyl (C=O) groups is 1. The Hall–Kier alpha value is -2.00. The summed E-state index contributed by atoms with van der Waals surface area (Å²) in [5, 5.41) is 3.09. The van der Waals surface area contributed by atoms with Gasteiger partial charge in [-0.2, -0.15) is 0 Å². The zero-order chi connectivity index (χ0) is 14.9. The van der Waals surface area contributed by atoms with E-state index < -0.39 is 0 Å². The number of rotatable bonds is 2. The fraction of sp³-hybridized carbons (Fsp3) is 0.316. The van der Waals surface area contributed by atoms with Crippen molar-refractivity contribution in [2.24, 2.45) is 0 Å². The summed E-state index contributed by atoms with van der Waals surface area (Å²) in [4.78, 5) is 14.3. The first-order chi connectivity index (χ1) is 10.8. The molecular formula is C19H21ClN2O. The van der Waals surface area contributed by atoms with E-state index in [1.54, 1.807) is 0 Å². The predicted molar refractivity (Wildman–Crippen MR) is 97.5 cm³/mol. The Balaban J connectivity index is 0.00000156. The van der Waals surface area contributed by atoms with E-state index in [1.807, 2.05) is 6.07 Å². The number of halogens is 1. The number of fused-ring (bicyclic) bond motifs is 1. The lowest BCUT2D eigenvalue weighted by molar-refractivity contribution is -0.116. The van der Waals surface area contributed by atoms with Gasteiger partial charge in [-0.1, -0.05) is 30.3 Å². The number of nitrogens with one attached hydrogen (secondary N) is 1. The Morgan fingerprint density at radius 3 is 2.43 bits per heavy atom. The third-order valence-corrected chi connectivity index (χ3v) is 4.65. The molecule has 4 heteroatoms. The van der Waals surface area contributed by atoms with E-state index in [0.29, 0.717) is 6.42 Å². The standard InChI is InChI=1S/C19H20N2O.ClH/c22-18-9-8-15-12-16(21-10-4-5-11-21)13-17(19(15)20-18)14-6-2-1-3-7-14;/h1-3,6-7,12-13H,4-5,8-11H2,(H,20,22);1H. The second kappa shape index (κ2) is 6.63. The molecule has 0 radical (unpaired) electrons. The van der Waals surface area contributed by atoms with Crippen molar-refractivity contribution in [1.82, 2.24) is 0 Å². The summed E-state index contributed by atoms with van der Waals surface area (Å²) in [7, 11) is 0. The molecule has 2 aliphatic rings. The first-order valence-electron chi connectivity index (χ1n) is 8.08. The summed E-state index contributed by atoms with van der Waals surface area (Å²) in [5.41, 5.74) is 5.88. The second-order valence-electron chi connectivity index (χ2n) is 6.14. The molecule has 1 fully saturated rings. The number of anilines is 2. The molecule has 0 aliphatic carbocycles. The second-order valence-corrected chi connectivity index (χ2v) is 6.14. The third-order valence-electron chi connectivity index (χ3n) is 4.65. The van der Waals surface area contributed by atoms with E-state index in [-0.39, 0.29) is 18.3 Å². The molecule has 2 aliphatic heterocycles. The quantitative estimate of drug-likeness (QED) is 0.893. The molecule has 2 heterocycles. The number of hydrogen-bond donors (Lipinski definition) is 1. The Kier molecular flexibility index (Phi) is 4.58. The van der Waals surface area contributed by atoms with Crippen LogP contribution < -0.4 is 10.2 Å². The molecule has 0 unspecified atom stereocenters. The molecule has 0 aromatic heterocycles. The minimum Gasteiger partial charge on any atom is -0.372 e. The van der Waals surface area contributed by atoms with Crippen molar-refractivity contribution in [1.29, 1.82) is 0 Å². The lowest BCUT2D eigenvalue weighted by Gasteiger charge is -2.25. The van der Waals surface area contributed by atoms with Crippen LogP contribution in [-0.2, 0) is 11.2 Å². The van der Waals surface area contributed by atoms with Gasteiger partial charge < -0.3 is 10.2 Å². The minimum atomic E-state index is 0. The summed E-state index contributed by atoms with van der Waals surface area (Å²) in [5.74, 6) is 0.124. The number of hydrogen-bond acceptors (Lipinski definition) is 2. The average Bonchev–Trinajstić information content (AvgIpc) is 3.09. The van der Waals surface area contributed by atoms with E-state index in [4.69, 9.17) is 0 Å². The maximum absolute atomic E-state index is 11.8. The van der Waals surface area contributed by atoms with E-state index in [1.165, 1.54) is 29.7 Å². The predicted octanol–water partition coefficient (Wildman–Crippen LogP) is 4.26. The monoisotopic (exact) mass is 328 g/mol. The van der Waals surface area contributed by atoms with Crippen molar-refractivity contribution >= 4 is 29.7 Å². The number of nitrogens with zero attached hydrogens (tertiary/aromatic N) is 1. The largest absolute Gasteiger partial charge is 0.372 e. The average molecular weight is 329 g/mol. The number of benzene rings is 2. The normalized spacial score (nSPS) is 16.5. The number of amides is 1. The Morgan fingerprint density at radius 1 is 0.957 bits per heavy atom. The minimum absolute atomic E-state index is 0. The van der Waals surface area contributed by atoms with Crippen molar-refractivity contribution in [2.45, 2.75) is 25.7 Å². The molecule has 1 N–H and O–H groups in total. The lowest BCUT2D eigenvalue weighted by atomic mass is 9.94. The van der Waals surface area contributed by atoms with Crippen molar-refractivity contribution < 1.29 is 4.79 Å². The van der Waals surface area contributed by atoms with Gasteiger partial charge in [0.05, 0.1) is 5.69 Å². The van der Waals surface area contributed by atoms with Gasteiger partial charge in [0.25, 0.3) is 0 Å². The lowest BCUT2D eigenvalue weighted by Crippen LogP contribution is -2.22. The fourth-order valence-electron chi connectivity index (χ4n) is 3.48. The highest BCUT2D eigenvalue weighted by Crippen LogP contribution is 2.38. The van der Waals surface area contributed by atoms with Gasteiger partial charge >= 0.3 is 0 Å². The van der Waals surface area contributed by atoms with Crippen molar-refractivity contribution in [3.63, 3.8) is 0 Å². The van der Waals surface area contributed by atoms with Crippen LogP contribution in [0.25, 0.3) is 11.1 Å². The maximum Gasteiger partial charge on any atom is 0.224 e. The Morgan fingerprint density at radius 2 is 1.70 bits per heavy atom. The van der Waals surface area contributed by atoms with Crippen LogP contribution in [0.1, 0.15) is 24.8 Å². The zero-order valence-electron chi connectivity index (χ0n) is 13.0. The van der Waals surface area contributed by atoms with Gasteiger partial charge in [-0.15, -0.1) is 12.4 Å². The van der Waals surface area contributed by atoms with Gasteiger partial charge in [-0.05, 0) is 42.5 Å². The van der Waals surface area contributed by atoms with Gasteiger partial charge in [0, 0.05) is 30.8 Å². The number of aryl methyl sites for hydroxylation is 1. The van der Waals surface area contributed by atoms with Crippen molar-refractivity contribution in [2.75, 3.05) is 23.3 Å². The smallest absolute Gasteiger partial charge is 0.224 e. The molecule has 2 aromatic carbocycles. The van der Waals surface area contributed by atoms with Gasteiger partial charge in [0.1, 0.15) is 0 Å². The third kappa shape index (κ3) is 3.06. The van der Waals surface area contributed by atoms with Gasteiger partial charge in [-0.25, -0.2) is 0 Å². The van der Waals surface area contributed by atoms with E-state index >= 15 is 0 Å². The molecule has 0 spiro atoms. The molecule has 1 saturated heterocycles. The van der Waals surface area contributed by atoms with Gasteiger partial charge in [0.2, 0.25) is 5.91 Å². The van der Waals surface area contributed by atoms with Crippen LogP contribution in [0.2, 0.25) is 0 Å². The van der Waals surface area contributed by atoms with Crippen LogP contribution in [0.3, 0.4) is 0 Å². The van der Waals surface area contributed by atoms with Crippen LogP contribution in [-0.4, -0.2) is 19.0 Å². The fourth-order valence-corrected chi connectivity index (χ4v) is 3.48. The topological polar surface area (TPSA) is 32.3 Å². The molecule has 3 nitrogen and oxygen atoms in total. The SMILES string of the molecule is Cl.O=C1CCc2cc(N3CCCC3)cc(-c3ccccc3)c2N1. The van der Waals surface area contributed by atoms with Crippen molar-refractivity contribution in [3.05, 3.63) is 48.0 Å². The molecule has 4 rings (SSSR count).